The second kappa shape index (κ2) is 7.14. The molecule has 1 aliphatic carbocycles. The first-order chi connectivity index (χ1) is 9.97. The van der Waals surface area contributed by atoms with Gasteiger partial charge >= 0.3 is 0 Å². The highest BCUT2D eigenvalue weighted by Gasteiger charge is 2.22. The Morgan fingerprint density at radius 3 is 2.67 bits per heavy atom. The fourth-order valence-corrected chi connectivity index (χ4v) is 2.77. The quantitative estimate of drug-likeness (QED) is 0.878. The largest absolute Gasteiger partial charge is 0.481 e. The zero-order valence-corrected chi connectivity index (χ0v) is 13.2. The Labute approximate surface area is 130 Å². The van der Waals surface area contributed by atoms with Gasteiger partial charge in [0.1, 0.15) is 5.75 Å². The minimum Gasteiger partial charge on any atom is -0.481 e. The van der Waals surface area contributed by atoms with E-state index in [-0.39, 0.29) is 11.9 Å². The first-order valence-electron chi connectivity index (χ1n) is 7.42. The molecule has 1 unspecified atom stereocenters. The number of ether oxygens (including phenoxy) is 1. The van der Waals surface area contributed by atoms with Crippen LogP contribution in [-0.2, 0) is 4.79 Å². The monoisotopic (exact) mass is 311 g/mol. The molecule has 0 radical (unpaired) electrons. The van der Waals surface area contributed by atoms with Gasteiger partial charge in [-0.15, -0.1) is 0 Å². The third-order valence-corrected chi connectivity index (χ3v) is 4.03. The van der Waals surface area contributed by atoms with E-state index in [0.717, 1.165) is 12.8 Å². The van der Waals surface area contributed by atoms with Crippen molar-refractivity contribution in [3.63, 3.8) is 0 Å². The molecular formula is C16H22ClNO3. The van der Waals surface area contributed by atoms with Crippen molar-refractivity contribution in [1.82, 2.24) is 5.32 Å². The van der Waals surface area contributed by atoms with E-state index in [2.05, 4.69) is 5.32 Å². The Balaban J connectivity index is 2.01. The topological polar surface area (TPSA) is 58.6 Å². The Morgan fingerprint density at radius 2 is 2.05 bits per heavy atom. The van der Waals surface area contributed by atoms with Gasteiger partial charge in [0.2, 0.25) is 0 Å². The van der Waals surface area contributed by atoms with Crippen molar-refractivity contribution in [2.75, 3.05) is 0 Å². The van der Waals surface area contributed by atoms with E-state index in [9.17, 15) is 9.90 Å². The molecule has 116 valence electrons. The first kappa shape index (κ1) is 16.1. The summed E-state index contributed by atoms with van der Waals surface area (Å²) in [5.74, 6) is 0.372. The Kier molecular flexibility index (Phi) is 5.48. The van der Waals surface area contributed by atoms with E-state index in [4.69, 9.17) is 16.3 Å². The van der Waals surface area contributed by atoms with Gasteiger partial charge in [0.05, 0.1) is 6.10 Å². The van der Waals surface area contributed by atoms with E-state index in [0.29, 0.717) is 16.3 Å². The molecule has 0 bridgehead atoms. The normalized spacial score (nSPS) is 18.3. The van der Waals surface area contributed by atoms with Gasteiger partial charge in [-0.2, -0.15) is 0 Å². The maximum Gasteiger partial charge on any atom is 0.260 e. The lowest BCUT2D eigenvalue weighted by Gasteiger charge is -2.20. The summed E-state index contributed by atoms with van der Waals surface area (Å²) < 4.78 is 5.70. The SMILES string of the molecule is CC(Oc1ccc(Cl)cc1[C@H](C)O)C(=O)NC1CCCC1. The number of hydrogen-bond donors (Lipinski definition) is 2. The zero-order chi connectivity index (χ0) is 15.4. The van der Waals surface area contributed by atoms with E-state index < -0.39 is 12.2 Å². The Hall–Kier alpha value is -1.26. The first-order valence-corrected chi connectivity index (χ1v) is 7.79. The average Bonchev–Trinajstić information content (AvgIpc) is 2.93. The predicted octanol–water partition coefficient (Wildman–Crippen LogP) is 3.22. The number of nitrogens with one attached hydrogen (secondary N) is 1. The summed E-state index contributed by atoms with van der Waals surface area (Å²) in [7, 11) is 0. The maximum atomic E-state index is 12.1. The van der Waals surface area contributed by atoms with E-state index >= 15 is 0 Å². The van der Waals surface area contributed by atoms with Gasteiger partial charge in [-0.3, -0.25) is 4.79 Å². The minimum absolute atomic E-state index is 0.117. The van der Waals surface area contributed by atoms with Crippen molar-refractivity contribution >= 4 is 17.5 Å². The third-order valence-electron chi connectivity index (χ3n) is 3.80. The number of carbonyl (C=O) groups excluding carboxylic acids is 1. The summed E-state index contributed by atoms with van der Waals surface area (Å²) in [4.78, 5) is 12.1. The number of halogens is 1. The molecule has 1 aromatic rings. The van der Waals surface area contributed by atoms with Gasteiger partial charge in [-0.05, 0) is 44.9 Å². The number of amides is 1. The number of hydrogen-bond acceptors (Lipinski definition) is 3. The highest BCUT2D eigenvalue weighted by atomic mass is 35.5. The number of aliphatic hydroxyl groups excluding tert-OH is 1. The van der Waals surface area contributed by atoms with Crippen LogP contribution in [0.5, 0.6) is 5.75 Å². The maximum absolute atomic E-state index is 12.1. The molecule has 21 heavy (non-hydrogen) atoms. The highest BCUT2D eigenvalue weighted by molar-refractivity contribution is 6.30. The van der Waals surface area contributed by atoms with Crippen molar-refractivity contribution in [2.45, 2.75) is 57.8 Å². The molecule has 1 amide bonds. The van der Waals surface area contributed by atoms with Crippen molar-refractivity contribution in [3.05, 3.63) is 28.8 Å². The third kappa shape index (κ3) is 4.35. The molecule has 0 saturated heterocycles. The predicted molar refractivity (Wildman–Crippen MR) is 82.6 cm³/mol. The molecule has 1 aromatic carbocycles. The number of carbonyl (C=O) groups is 1. The second-order valence-electron chi connectivity index (χ2n) is 5.61. The van der Waals surface area contributed by atoms with Crippen LogP contribution in [-0.4, -0.2) is 23.2 Å². The summed E-state index contributed by atoms with van der Waals surface area (Å²) in [6, 6.07) is 5.29. The summed E-state index contributed by atoms with van der Waals surface area (Å²) in [6.07, 6.45) is 3.11. The molecule has 2 atom stereocenters. The van der Waals surface area contributed by atoms with Crippen LogP contribution in [0.1, 0.15) is 51.2 Å². The number of benzene rings is 1. The molecule has 4 nitrogen and oxygen atoms in total. The molecule has 1 aliphatic rings. The second-order valence-corrected chi connectivity index (χ2v) is 6.04. The van der Waals surface area contributed by atoms with Crippen LogP contribution >= 0.6 is 11.6 Å². The van der Waals surface area contributed by atoms with E-state index in [1.807, 2.05) is 0 Å². The van der Waals surface area contributed by atoms with Gasteiger partial charge in [0, 0.05) is 16.6 Å². The molecule has 0 aliphatic heterocycles. The van der Waals surface area contributed by atoms with E-state index in [1.165, 1.54) is 12.8 Å². The van der Waals surface area contributed by atoms with Gasteiger partial charge < -0.3 is 15.2 Å². The van der Waals surface area contributed by atoms with Gasteiger partial charge in [-0.1, -0.05) is 24.4 Å². The van der Waals surface area contributed by atoms with Crippen LogP contribution in [0.4, 0.5) is 0 Å². The molecular weight excluding hydrogens is 290 g/mol. The lowest BCUT2D eigenvalue weighted by atomic mass is 10.1. The lowest BCUT2D eigenvalue weighted by Crippen LogP contribution is -2.41. The molecule has 0 aromatic heterocycles. The zero-order valence-electron chi connectivity index (χ0n) is 12.4. The van der Waals surface area contributed by atoms with Crippen LogP contribution < -0.4 is 10.1 Å². The fourth-order valence-electron chi connectivity index (χ4n) is 2.59. The van der Waals surface area contributed by atoms with Crippen molar-refractivity contribution in [3.8, 4) is 5.75 Å². The number of aliphatic hydroxyl groups is 1. The Morgan fingerprint density at radius 1 is 1.38 bits per heavy atom. The molecule has 1 saturated carbocycles. The van der Waals surface area contributed by atoms with Crippen molar-refractivity contribution in [1.29, 1.82) is 0 Å². The summed E-state index contributed by atoms with van der Waals surface area (Å²) in [6.45, 7) is 3.35. The minimum atomic E-state index is -0.705. The highest BCUT2D eigenvalue weighted by Crippen LogP contribution is 2.29. The smallest absolute Gasteiger partial charge is 0.260 e. The van der Waals surface area contributed by atoms with Crippen LogP contribution in [0.2, 0.25) is 5.02 Å². The molecule has 5 heteroatoms. The standard InChI is InChI=1S/C16H22ClNO3/c1-10(19)14-9-12(17)7-8-15(14)21-11(2)16(20)18-13-5-3-4-6-13/h7-11,13,19H,3-6H2,1-2H3,(H,18,20)/t10-,11?/m0/s1. The van der Waals surface area contributed by atoms with Crippen LogP contribution in [0.15, 0.2) is 18.2 Å². The molecule has 1 fully saturated rings. The fraction of sp³-hybridized carbons (Fsp3) is 0.562. The van der Waals surface area contributed by atoms with E-state index in [1.54, 1.807) is 32.0 Å². The summed E-state index contributed by atoms with van der Waals surface area (Å²) in [5.41, 5.74) is 0.586. The Bertz CT molecular complexity index is 498. The van der Waals surface area contributed by atoms with Gasteiger partial charge in [0.25, 0.3) is 5.91 Å². The summed E-state index contributed by atoms with van der Waals surface area (Å²) in [5, 5.41) is 13.3. The van der Waals surface area contributed by atoms with Gasteiger partial charge in [-0.25, -0.2) is 0 Å². The molecule has 0 spiro atoms. The van der Waals surface area contributed by atoms with Crippen molar-refractivity contribution in [2.24, 2.45) is 0 Å². The summed E-state index contributed by atoms with van der Waals surface area (Å²) >= 11 is 5.93. The molecule has 0 heterocycles. The molecule has 2 N–H and O–H groups in total. The molecule has 2 rings (SSSR count). The number of rotatable bonds is 5. The van der Waals surface area contributed by atoms with Crippen LogP contribution in [0, 0.1) is 0 Å². The van der Waals surface area contributed by atoms with Crippen LogP contribution in [0.3, 0.4) is 0 Å². The lowest BCUT2D eigenvalue weighted by molar-refractivity contribution is -0.128. The van der Waals surface area contributed by atoms with Crippen molar-refractivity contribution < 1.29 is 14.6 Å². The van der Waals surface area contributed by atoms with Gasteiger partial charge in [0.15, 0.2) is 6.10 Å². The average molecular weight is 312 g/mol. The van der Waals surface area contributed by atoms with Crippen LogP contribution in [0.25, 0.3) is 0 Å².